The maximum absolute atomic E-state index is 14.9. The molecule has 0 spiro atoms. The molecule has 3 N–H and O–H groups in total. The number of aliphatic carboxylic acids is 1. The van der Waals surface area contributed by atoms with Crippen LogP contribution in [0.4, 0.5) is 23.2 Å². The van der Waals surface area contributed by atoms with Gasteiger partial charge in [-0.2, -0.15) is 0 Å². The molecular weight excluding hydrogens is 576 g/mol. The van der Waals surface area contributed by atoms with Crippen molar-refractivity contribution >= 4 is 23.5 Å². The van der Waals surface area contributed by atoms with Gasteiger partial charge in [-0.1, -0.05) is 6.07 Å². The third-order valence-electron chi connectivity index (χ3n) is 8.67. The van der Waals surface area contributed by atoms with Gasteiger partial charge in [-0.05, 0) is 75.0 Å². The summed E-state index contributed by atoms with van der Waals surface area (Å²) in [5, 5.41) is 14.8. The van der Waals surface area contributed by atoms with Crippen molar-refractivity contribution in [3.63, 3.8) is 0 Å². The van der Waals surface area contributed by atoms with Crippen LogP contribution in [0.15, 0.2) is 36.4 Å². The van der Waals surface area contributed by atoms with Crippen LogP contribution < -0.4 is 24.8 Å². The number of carbonyl (C=O) groups excluding carboxylic acids is 2. The maximum Gasteiger partial charge on any atom is 0.573 e. The van der Waals surface area contributed by atoms with Crippen molar-refractivity contribution in [1.82, 2.24) is 5.32 Å². The van der Waals surface area contributed by atoms with Crippen LogP contribution in [-0.4, -0.2) is 48.5 Å². The van der Waals surface area contributed by atoms with E-state index >= 15 is 0 Å². The van der Waals surface area contributed by atoms with Crippen LogP contribution >= 0.6 is 0 Å². The van der Waals surface area contributed by atoms with Crippen molar-refractivity contribution < 1.29 is 51.3 Å². The number of rotatable bonds is 9. The third kappa shape index (κ3) is 6.97. The first-order chi connectivity index (χ1) is 20.4. The lowest BCUT2D eigenvalue weighted by Gasteiger charge is -2.31. The van der Waals surface area contributed by atoms with Crippen molar-refractivity contribution in [2.45, 2.75) is 63.5 Å². The Hall–Kier alpha value is -4.03. The summed E-state index contributed by atoms with van der Waals surface area (Å²) >= 11 is 0. The van der Waals surface area contributed by atoms with E-state index in [1.54, 1.807) is 0 Å². The highest BCUT2D eigenvalue weighted by Crippen LogP contribution is 2.49. The van der Waals surface area contributed by atoms with E-state index < -0.39 is 59.7 Å². The normalized spacial score (nSPS) is 26.4. The van der Waals surface area contributed by atoms with Gasteiger partial charge in [0, 0.05) is 23.9 Å². The Bertz CT molecular complexity index is 1380. The Morgan fingerprint density at radius 3 is 2.35 bits per heavy atom. The standard InChI is InChI=1S/C30H32F4N2O7/c1-41-23-14-22(31)24(42-19-9-7-15(8-10-19)29(39)40)13-21(23)27(37)36-26-17-6-5-16(11-17)25(26)28(38)35-18-3-2-4-20(12-18)43-30(32,33)34/h2-4,12-17,19,25-26H,5-11H2,1H3,(H,35,38)(H,36,37)(H,39,40)/t15-,16-,17+,19+,25+,26-/m1/s1. The van der Waals surface area contributed by atoms with Crippen LogP contribution in [0.5, 0.6) is 17.2 Å². The molecule has 13 heteroatoms. The van der Waals surface area contributed by atoms with Crippen LogP contribution in [0.25, 0.3) is 0 Å². The number of hydrogen-bond donors (Lipinski definition) is 3. The number of amides is 2. The molecule has 5 rings (SSSR count). The van der Waals surface area contributed by atoms with E-state index in [1.807, 2.05) is 0 Å². The highest BCUT2D eigenvalue weighted by atomic mass is 19.4. The molecule has 3 fully saturated rings. The molecule has 0 radical (unpaired) electrons. The summed E-state index contributed by atoms with van der Waals surface area (Å²) in [5.41, 5.74) is 0.135. The first-order valence-electron chi connectivity index (χ1n) is 14.2. The average Bonchev–Trinajstić information content (AvgIpc) is 3.55. The Kier molecular flexibility index (Phi) is 8.70. The highest BCUT2D eigenvalue weighted by molar-refractivity contribution is 5.99. The Morgan fingerprint density at radius 1 is 0.953 bits per heavy atom. The SMILES string of the molecule is COc1cc(F)c(O[C@H]2CC[C@@H](C(=O)O)CC2)cc1C(=O)N[C@@H]1[C@H]2CC[C@H](C2)[C@@H]1C(=O)Nc1cccc(OC(F)(F)F)c1. The predicted molar refractivity (Wildman–Crippen MR) is 144 cm³/mol. The number of anilines is 1. The molecule has 2 aromatic carbocycles. The molecule has 0 saturated heterocycles. The quantitative estimate of drug-likeness (QED) is 0.320. The number of carbonyl (C=O) groups is 3. The van der Waals surface area contributed by atoms with Crippen molar-refractivity contribution in [3.05, 3.63) is 47.8 Å². The Morgan fingerprint density at radius 2 is 1.67 bits per heavy atom. The summed E-state index contributed by atoms with van der Waals surface area (Å²) in [7, 11) is 1.30. The van der Waals surface area contributed by atoms with Crippen molar-refractivity contribution in [2.75, 3.05) is 12.4 Å². The number of halogens is 4. The summed E-state index contributed by atoms with van der Waals surface area (Å²) in [6.45, 7) is 0. The molecule has 3 aliphatic carbocycles. The summed E-state index contributed by atoms with van der Waals surface area (Å²) in [6, 6.07) is 6.71. The Labute approximate surface area is 244 Å². The van der Waals surface area contributed by atoms with Gasteiger partial charge in [0.2, 0.25) is 5.91 Å². The number of hydrogen-bond acceptors (Lipinski definition) is 6. The lowest BCUT2D eigenvalue weighted by Crippen LogP contribution is -2.48. The number of carboxylic acid groups (broad SMARTS) is 1. The van der Waals surface area contributed by atoms with Crippen molar-refractivity contribution in [2.24, 2.45) is 23.7 Å². The average molecular weight is 609 g/mol. The molecule has 2 bridgehead atoms. The highest BCUT2D eigenvalue weighted by Gasteiger charge is 2.51. The fourth-order valence-corrected chi connectivity index (χ4v) is 6.68. The first-order valence-corrected chi connectivity index (χ1v) is 14.2. The number of fused-ring (bicyclic) bond motifs is 2. The molecule has 0 unspecified atom stereocenters. The molecule has 43 heavy (non-hydrogen) atoms. The van der Waals surface area contributed by atoms with Gasteiger partial charge in [0.15, 0.2) is 11.6 Å². The van der Waals surface area contributed by atoms with E-state index in [2.05, 4.69) is 15.4 Å². The minimum absolute atomic E-state index is 0.0104. The molecule has 0 heterocycles. The van der Waals surface area contributed by atoms with Crippen LogP contribution in [0.3, 0.4) is 0 Å². The zero-order valence-corrected chi connectivity index (χ0v) is 23.3. The van der Waals surface area contributed by atoms with Gasteiger partial charge in [-0.3, -0.25) is 14.4 Å². The number of methoxy groups -OCH3 is 1. The molecule has 0 aliphatic heterocycles. The molecule has 2 amide bonds. The zero-order valence-electron chi connectivity index (χ0n) is 23.3. The third-order valence-corrected chi connectivity index (χ3v) is 8.67. The molecule has 3 saturated carbocycles. The number of nitrogens with one attached hydrogen (secondary N) is 2. The molecular formula is C30H32F4N2O7. The Balaban J connectivity index is 1.30. The van der Waals surface area contributed by atoms with Crippen LogP contribution in [0.1, 0.15) is 55.3 Å². The van der Waals surface area contributed by atoms with Crippen LogP contribution in [0.2, 0.25) is 0 Å². The van der Waals surface area contributed by atoms with E-state index in [9.17, 15) is 37.1 Å². The smallest absolute Gasteiger partial charge is 0.496 e. The number of ether oxygens (including phenoxy) is 3. The minimum Gasteiger partial charge on any atom is -0.496 e. The largest absolute Gasteiger partial charge is 0.573 e. The van der Waals surface area contributed by atoms with Gasteiger partial charge in [0.25, 0.3) is 5.91 Å². The van der Waals surface area contributed by atoms with Crippen LogP contribution in [0, 0.1) is 29.5 Å². The van der Waals surface area contributed by atoms with E-state index in [4.69, 9.17) is 9.47 Å². The monoisotopic (exact) mass is 608 g/mol. The summed E-state index contributed by atoms with van der Waals surface area (Å²) in [5.74, 6) is -4.41. The molecule has 232 valence electrons. The van der Waals surface area contributed by atoms with Gasteiger partial charge in [0.1, 0.15) is 11.5 Å². The van der Waals surface area contributed by atoms with E-state index in [-0.39, 0.29) is 34.6 Å². The van der Waals surface area contributed by atoms with Crippen LogP contribution in [-0.2, 0) is 9.59 Å². The fraction of sp³-hybridized carbons (Fsp3) is 0.500. The van der Waals surface area contributed by atoms with Gasteiger partial charge < -0.3 is 30.0 Å². The van der Waals surface area contributed by atoms with Crippen molar-refractivity contribution in [3.8, 4) is 17.2 Å². The second-order valence-electron chi connectivity index (χ2n) is 11.3. The zero-order chi connectivity index (χ0) is 30.9. The molecule has 4 atom stereocenters. The second kappa shape index (κ2) is 12.3. The second-order valence-corrected chi connectivity index (χ2v) is 11.3. The van der Waals surface area contributed by atoms with Crippen molar-refractivity contribution in [1.29, 1.82) is 0 Å². The molecule has 0 aromatic heterocycles. The number of benzene rings is 2. The van der Waals surface area contributed by atoms with Gasteiger partial charge in [-0.25, -0.2) is 4.39 Å². The lowest BCUT2D eigenvalue weighted by atomic mass is 9.83. The number of carboxylic acids is 1. The molecule has 9 nitrogen and oxygen atoms in total. The summed E-state index contributed by atoms with van der Waals surface area (Å²) in [6.07, 6.45) is -1.36. The van der Waals surface area contributed by atoms with Gasteiger partial charge >= 0.3 is 12.3 Å². The maximum atomic E-state index is 14.9. The first kappa shape index (κ1) is 30.4. The summed E-state index contributed by atoms with van der Waals surface area (Å²) in [4.78, 5) is 38.2. The molecule has 3 aliphatic rings. The molecule has 2 aromatic rings. The summed E-state index contributed by atoms with van der Waals surface area (Å²) < 4.78 is 67.9. The van der Waals surface area contributed by atoms with E-state index in [0.717, 1.165) is 31.0 Å². The topological polar surface area (TPSA) is 123 Å². The predicted octanol–water partition coefficient (Wildman–Crippen LogP) is 5.54. The minimum atomic E-state index is -4.88. The van der Waals surface area contributed by atoms with Gasteiger partial charge in [-0.15, -0.1) is 13.2 Å². The van der Waals surface area contributed by atoms with E-state index in [0.29, 0.717) is 32.1 Å². The number of alkyl halides is 3. The fourth-order valence-electron chi connectivity index (χ4n) is 6.68. The van der Waals surface area contributed by atoms with Gasteiger partial charge in [0.05, 0.1) is 30.6 Å². The lowest BCUT2D eigenvalue weighted by molar-refractivity contribution is -0.274. The van der Waals surface area contributed by atoms with E-state index in [1.165, 1.54) is 25.3 Å².